The summed E-state index contributed by atoms with van der Waals surface area (Å²) < 4.78 is 16.1. The molecule has 0 aromatic carbocycles. The lowest BCUT2D eigenvalue weighted by Gasteiger charge is -2.28. The summed E-state index contributed by atoms with van der Waals surface area (Å²) in [5, 5.41) is 0. The van der Waals surface area contributed by atoms with E-state index in [1.165, 1.54) is 0 Å². The molecule has 0 aliphatic carbocycles. The largest absolute Gasteiger partial charge is 0.320 e. The lowest BCUT2D eigenvalue weighted by atomic mass is 10.1. The van der Waals surface area contributed by atoms with E-state index in [1.807, 2.05) is 0 Å². The molecule has 0 spiro atoms. The SMILES string of the molecule is ClCC1(CC2OCOO2)OOC(CCl)(CC2OCOO2)O1. The zero-order chi connectivity index (χ0) is 14.8. The van der Waals surface area contributed by atoms with Gasteiger partial charge in [-0.25, -0.2) is 19.6 Å². The van der Waals surface area contributed by atoms with Crippen molar-refractivity contribution in [3.63, 3.8) is 0 Å². The third-order valence-electron chi connectivity index (χ3n) is 3.03. The summed E-state index contributed by atoms with van der Waals surface area (Å²) in [6.07, 6.45) is -1.09. The molecule has 3 fully saturated rings. The zero-order valence-electron chi connectivity index (χ0n) is 10.8. The Balaban J connectivity index is 1.64. The van der Waals surface area contributed by atoms with Crippen LogP contribution >= 0.6 is 23.2 Å². The minimum atomic E-state index is -1.28. The van der Waals surface area contributed by atoms with Crippen LogP contribution in [0.15, 0.2) is 0 Å². The quantitative estimate of drug-likeness (QED) is 0.518. The smallest absolute Gasteiger partial charge is 0.223 e. The molecular weight excluding hydrogens is 335 g/mol. The lowest BCUT2D eigenvalue weighted by Crippen LogP contribution is -2.43. The molecule has 0 saturated carbocycles. The third-order valence-corrected chi connectivity index (χ3v) is 3.85. The van der Waals surface area contributed by atoms with Crippen molar-refractivity contribution in [1.29, 1.82) is 0 Å². The standard InChI is InChI=1S/C10H14Cl2O9/c11-3-9(1-7-13-5-15-17-7)19-10(4-12,21-20-9)2-8-14-6-16-18-8/h7-8H,1-6H2. The highest BCUT2D eigenvalue weighted by molar-refractivity contribution is 6.19. The van der Waals surface area contributed by atoms with Crippen molar-refractivity contribution < 1.29 is 43.5 Å². The molecule has 21 heavy (non-hydrogen) atoms. The van der Waals surface area contributed by atoms with Crippen LogP contribution in [0.1, 0.15) is 12.8 Å². The van der Waals surface area contributed by atoms with Gasteiger partial charge in [0.05, 0.1) is 24.6 Å². The van der Waals surface area contributed by atoms with Crippen LogP contribution in [0.5, 0.6) is 0 Å². The van der Waals surface area contributed by atoms with Crippen molar-refractivity contribution in [3.05, 3.63) is 0 Å². The molecule has 0 aromatic rings. The van der Waals surface area contributed by atoms with Crippen LogP contribution in [-0.2, 0) is 43.5 Å². The Morgan fingerprint density at radius 3 is 1.62 bits per heavy atom. The number of rotatable bonds is 6. The summed E-state index contributed by atoms with van der Waals surface area (Å²) in [4.78, 5) is 29.6. The minimum Gasteiger partial charge on any atom is -0.320 e. The van der Waals surface area contributed by atoms with Gasteiger partial charge in [-0.15, -0.1) is 23.2 Å². The summed E-state index contributed by atoms with van der Waals surface area (Å²) in [5.41, 5.74) is 0. The van der Waals surface area contributed by atoms with Crippen molar-refractivity contribution >= 4 is 23.2 Å². The molecule has 122 valence electrons. The van der Waals surface area contributed by atoms with E-state index in [0.29, 0.717) is 0 Å². The maximum Gasteiger partial charge on any atom is 0.223 e. The fourth-order valence-corrected chi connectivity index (χ4v) is 2.46. The first-order valence-electron chi connectivity index (χ1n) is 6.18. The van der Waals surface area contributed by atoms with Crippen LogP contribution < -0.4 is 0 Å². The number of ether oxygens (including phenoxy) is 3. The van der Waals surface area contributed by atoms with Crippen molar-refractivity contribution in [2.75, 3.05) is 25.3 Å². The van der Waals surface area contributed by atoms with Crippen LogP contribution in [0.3, 0.4) is 0 Å². The Morgan fingerprint density at radius 2 is 1.29 bits per heavy atom. The average molecular weight is 349 g/mol. The van der Waals surface area contributed by atoms with Gasteiger partial charge in [-0.1, -0.05) is 0 Å². The molecule has 3 aliphatic rings. The molecule has 0 amide bonds. The van der Waals surface area contributed by atoms with Crippen LogP contribution in [0.25, 0.3) is 0 Å². The first-order chi connectivity index (χ1) is 10.2. The normalized spacial score (nSPS) is 43.7. The molecule has 0 aromatic heterocycles. The highest BCUT2D eigenvalue weighted by Crippen LogP contribution is 2.42. The van der Waals surface area contributed by atoms with Crippen LogP contribution in [0, 0.1) is 0 Å². The van der Waals surface area contributed by atoms with Gasteiger partial charge in [0.1, 0.15) is 0 Å². The summed E-state index contributed by atoms with van der Waals surface area (Å²) in [5.74, 6) is -2.63. The average Bonchev–Trinajstić information content (AvgIpc) is 3.23. The van der Waals surface area contributed by atoms with Gasteiger partial charge < -0.3 is 14.2 Å². The Kier molecular flexibility index (Phi) is 5.19. The second-order valence-electron chi connectivity index (χ2n) is 4.62. The Labute approximate surface area is 129 Å². The predicted molar refractivity (Wildman–Crippen MR) is 63.2 cm³/mol. The van der Waals surface area contributed by atoms with Gasteiger partial charge in [0, 0.05) is 0 Å². The fraction of sp³-hybridized carbons (Fsp3) is 1.00. The van der Waals surface area contributed by atoms with Gasteiger partial charge >= 0.3 is 0 Å². The second-order valence-corrected chi connectivity index (χ2v) is 5.16. The van der Waals surface area contributed by atoms with E-state index in [2.05, 4.69) is 9.78 Å². The van der Waals surface area contributed by atoms with Crippen LogP contribution in [-0.4, -0.2) is 49.5 Å². The summed E-state index contributed by atoms with van der Waals surface area (Å²) in [7, 11) is 0. The van der Waals surface area contributed by atoms with Crippen molar-refractivity contribution in [2.45, 2.75) is 37.0 Å². The Hall–Kier alpha value is 0.220. The molecule has 9 nitrogen and oxygen atoms in total. The molecule has 0 bridgehead atoms. The Morgan fingerprint density at radius 1 is 0.810 bits per heavy atom. The van der Waals surface area contributed by atoms with Gasteiger partial charge in [-0.3, -0.25) is 0 Å². The molecule has 4 atom stereocenters. The maximum atomic E-state index is 5.93. The molecule has 3 aliphatic heterocycles. The fourth-order valence-electron chi connectivity index (χ4n) is 2.05. The monoisotopic (exact) mass is 348 g/mol. The van der Waals surface area contributed by atoms with Crippen molar-refractivity contribution in [3.8, 4) is 0 Å². The highest BCUT2D eigenvalue weighted by Gasteiger charge is 2.55. The van der Waals surface area contributed by atoms with Gasteiger partial charge in [0.25, 0.3) is 0 Å². The maximum absolute atomic E-state index is 5.93. The van der Waals surface area contributed by atoms with Crippen molar-refractivity contribution in [1.82, 2.24) is 0 Å². The van der Waals surface area contributed by atoms with Gasteiger partial charge in [0.15, 0.2) is 26.2 Å². The van der Waals surface area contributed by atoms with E-state index in [9.17, 15) is 0 Å². The van der Waals surface area contributed by atoms with Gasteiger partial charge in [-0.2, -0.15) is 9.78 Å². The minimum absolute atomic E-state index is 0.0195. The van der Waals surface area contributed by atoms with E-state index >= 15 is 0 Å². The number of halogens is 2. The molecule has 3 heterocycles. The van der Waals surface area contributed by atoms with Gasteiger partial charge in [0.2, 0.25) is 11.6 Å². The first kappa shape index (κ1) is 16.1. The predicted octanol–water partition coefficient (Wildman–Crippen LogP) is 1.14. The summed E-state index contributed by atoms with van der Waals surface area (Å²) in [6.45, 7) is 0.0390. The number of hydrogen-bond acceptors (Lipinski definition) is 9. The van der Waals surface area contributed by atoms with E-state index in [4.69, 9.17) is 57.0 Å². The number of alkyl halides is 2. The molecule has 4 unspecified atom stereocenters. The summed E-state index contributed by atoms with van der Waals surface area (Å²) >= 11 is 11.9. The third kappa shape index (κ3) is 3.59. The second kappa shape index (κ2) is 6.77. The molecular formula is C10H14Cl2O9. The molecule has 0 N–H and O–H groups in total. The molecule has 0 radical (unpaired) electrons. The number of hydrogen-bond donors (Lipinski definition) is 0. The summed E-state index contributed by atoms with van der Waals surface area (Å²) in [6, 6.07) is 0. The zero-order valence-corrected chi connectivity index (χ0v) is 12.3. The molecule has 11 heteroatoms. The molecule has 3 saturated heterocycles. The van der Waals surface area contributed by atoms with Crippen molar-refractivity contribution in [2.24, 2.45) is 0 Å². The lowest BCUT2D eigenvalue weighted by molar-refractivity contribution is -0.362. The Bertz CT molecular complexity index is 317. The van der Waals surface area contributed by atoms with Crippen LogP contribution in [0.2, 0.25) is 0 Å². The first-order valence-corrected chi connectivity index (χ1v) is 7.25. The topological polar surface area (TPSA) is 83.1 Å². The van der Waals surface area contributed by atoms with E-state index in [0.717, 1.165) is 0 Å². The van der Waals surface area contributed by atoms with E-state index in [-0.39, 0.29) is 38.2 Å². The van der Waals surface area contributed by atoms with E-state index < -0.39 is 24.2 Å². The van der Waals surface area contributed by atoms with E-state index in [1.54, 1.807) is 0 Å². The highest BCUT2D eigenvalue weighted by atomic mass is 35.5. The van der Waals surface area contributed by atoms with Gasteiger partial charge in [-0.05, 0) is 0 Å². The van der Waals surface area contributed by atoms with Crippen LogP contribution in [0.4, 0.5) is 0 Å². The molecule has 3 rings (SSSR count).